The average molecular weight is 293 g/mol. The zero-order chi connectivity index (χ0) is 14.5. The van der Waals surface area contributed by atoms with Gasteiger partial charge in [-0.25, -0.2) is 8.42 Å². The summed E-state index contributed by atoms with van der Waals surface area (Å²) in [5.41, 5.74) is 0. The molecule has 1 rings (SSSR count). The first-order chi connectivity index (χ1) is 8.88. The molecule has 1 aliphatic rings. The Labute approximate surface area is 112 Å². The number of carbonyl (C=O) groups is 2. The minimum Gasteiger partial charge on any atom is -0.480 e. The number of carboxylic acids is 1. The van der Waals surface area contributed by atoms with Crippen molar-refractivity contribution in [2.75, 3.05) is 19.4 Å². The normalized spacial score (nSPS) is 21.0. The van der Waals surface area contributed by atoms with Crippen molar-refractivity contribution in [3.05, 3.63) is 0 Å². The maximum absolute atomic E-state index is 12.1. The number of ether oxygens (including phenoxy) is 1. The molecule has 0 saturated carbocycles. The second-order valence-corrected chi connectivity index (χ2v) is 6.50. The molecule has 1 aliphatic heterocycles. The summed E-state index contributed by atoms with van der Waals surface area (Å²) in [6.07, 6.45) is 1.87. The first-order valence-electron chi connectivity index (χ1n) is 6.17. The van der Waals surface area contributed by atoms with Gasteiger partial charge in [0, 0.05) is 13.0 Å². The largest absolute Gasteiger partial charge is 0.480 e. The molecule has 1 N–H and O–H groups in total. The highest BCUT2D eigenvalue weighted by atomic mass is 32.2. The summed E-state index contributed by atoms with van der Waals surface area (Å²) in [5.74, 6) is -1.81. The molecule has 110 valence electrons. The Morgan fingerprint density at radius 2 is 2.05 bits per heavy atom. The van der Waals surface area contributed by atoms with Gasteiger partial charge in [0.2, 0.25) is 10.0 Å². The minimum absolute atomic E-state index is 0.0152. The summed E-state index contributed by atoms with van der Waals surface area (Å²) in [5, 5.41) is 9.04. The Morgan fingerprint density at radius 3 is 2.63 bits per heavy atom. The molecule has 0 radical (unpaired) electrons. The van der Waals surface area contributed by atoms with Crippen LogP contribution in [0.3, 0.4) is 0 Å². The second-order valence-electron chi connectivity index (χ2n) is 4.46. The molecule has 1 fully saturated rings. The highest BCUT2D eigenvalue weighted by Crippen LogP contribution is 2.21. The molecule has 8 heteroatoms. The summed E-state index contributed by atoms with van der Waals surface area (Å²) < 4.78 is 29.6. The summed E-state index contributed by atoms with van der Waals surface area (Å²) >= 11 is 0. The zero-order valence-electron chi connectivity index (χ0n) is 10.9. The Hall–Kier alpha value is -1.15. The van der Waals surface area contributed by atoms with Crippen LogP contribution in [0.1, 0.15) is 32.1 Å². The molecular weight excluding hydrogens is 274 g/mol. The fourth-order valence-corrected chi connectivity index (χ4v) is 3.84. The number of sulfonamides is 1. The van der Waals surface area contributed by atoms with Crippen LogP contribution >= 0.6 is 0 Å². The van der Waals surface area contributed by atoms with Gasteiger partial charge in [0.15, 0.2) is 0 Å². The van der Waals surface area contributed by atoms with Gasteiger partial charge in [0.1, 0.15) is 6.04 Å². The van der Waals surface area contributed by atoms with Crippen molar-refractivity contribution in [1.29, 1.82) is 0 Å². The van der Waals surface area contributed by atoms with Gasteiger partial charge in [-0.15, -0.1) is 0 Å². The van der Waals surface area contributed by atoms with Crippen LogP contribution in [0.25, 0.3) is 0 Å². The molecule has 1 atom stereocenters. The van der Waals surface area contributed by atoms with Crippen molar-refractivity contribution >= 4 is 22.0 Å². The van der Waals surface area contributed by atoms with Crippen LogP contribution in [-0.2, 0) is 24.3 Å². The second kappa shape index (κ2) is 6.85. The van der Waals surface area contributed by atoms with Crippen LogP contribution in [-0.4, -0.2) is 55.2 Å². The monoisotopic (exact) mass is 293 g/mol. The molecule has 0 bridgehead atoms. The van der Waals surface area contributed by atoms with E-state index in [9.17, 15) is 18.0 Å². The highest BCUT2D eigenvalue weighted by molar-refractivity contribution is 7.89. The van der Waals surface area contributed by atoms with Gasteiger partial charge >= 0.3 is 11.9 Å². The molecule has 7 nitrogen and oxygen atoms in total. The molecule has 1 saturated heterocycles. The van der Waals surface area contributed by atoms with E-state index >= 15 is 0 Å². The van der Waals surface area contributed by atoms with Crippen LogP contribution in [0.5, 0.6) is 0 Å². The van der Waals surface area contributed by atoms with Gasteiger partial charge in [-0.1, -0.05) is 0 Å². The van der Waals surface area contributed by atoms with E-state index in [0.29, 0.717) is 19.3 Å². The highest BCUT2D eigenvalue weighted by Gasteiger charge is 2.36. The van der Waals surface area contributed by atoms with Gasteiger partial charge < -0.3 is 9.84 Å². The van der Waals surface area contributed by atoms with Crippen LogP contribution in [0.4, 0.5) is 0 Å². The van der Waals surface area contributed by atoms with Crippen molar-refractivity contribution in [3.63, 3.8) is 0 Å². The van der Waals surface area contributed by atoms with Gasteiger partial charge in [-0.2, -0.15) is 4.31 Å². The lowest BCUT2D eigenvalue weighted by molar-refractivity contribution is -0.142. The number of hydrogen-bond acceptors (Lipinski definition) is 5. The molecule has 0 aromatic carbocycles. The van der Waals surface area contributed by atoms with Crippen molar-refractivity contribution in [2.24, 2.45) is 0 Å². The van der Waals surface area contributed by atoms with Crippen molar-refractivity contribution in [3.8, 4) is 0 Å². The number of rotatable bonds is 6. The number of nitrogens with zero attached hydrogens (tertiary/aromatic N) is 1. The number of piperidine rings is 1. The molecular formula is C11H19NO6S. The molecule has 0 aromatic heterocycles. The lowest BCUT2D eigenvalue weighted by Gasteiger charge is -2.31. The molecule has 0 amide bonds. The summed E-state index contributed by atoms with van der Waals surface area (Å²) in [6.45, 7) is 0.234. The van der Waals surface area contributed by atoms with E-state index in [2.05, 4.69) is 4.74 Å². The van der Waals surface area contributed by atoms with E-state index in [1.807, 2.05) is 0 Å². The third-order valence-corrected chi connectivity index (χ3v) is 5.06. The smallest absolute Gasteiger partial charge is 0.322 e. The Balaban J connectivity index is 2.64. The van der Waals surface area contributed by atoms with E-state index < -0.39 is 28.0 Å². The predicted molar refractivity (Wildman–Crippen MR) is 67.0 cm³/mol. The quantitative estimate of drug-likeness (QED) is 0.702. The standard InChI is InChI=1S/C11H19NO6S/c1-18-10(13)6-4-8-19(16,17)12-7-3-2-5-9(12)11(14)15/h9H,2-8H2,1H3,(H,14,15). The van der Waals surface area contributed by atoms with Crippen LogP contribution in [0, 0.1) is 0 Å². The molecule has 19 heavy (non-hydrogen) atoms. The summed E-state index contributed by atoms with van der Waals surface area (Å²) in [7, 11) is -2.40. The minimum atomic E-state index is -3.64. The number of esters is 1. The Morgan fingerprint density at radius 1 is 1.37 bits per heavy atom. The van der Waals surface area contributed by atoms with E-state index in [4.69, 9.17) is 5.11 Å². The summed E-state index contributed by atoms with van der Waals surface area (Å²) in [6, 6.07) is -0.975. The van der Waals surface area contributed by atoms with Crippen LogP contribution in [0.2, 0.25) is 0 Å². The lowest BCUT2D eigenvalue weighted by atomic mass is 10.1. The van der Waals surface area contributed by atoms with Gasteiger partial charge in [0.25, 0.3) is 0 Å². The summed E-state index contributed by atoms with van der Waals surface area (Å²) in [4.78, 5) is 22.0. The van der Waals surface area contributed by atoms with E-state index in [-0.39, 0.29) is 25.1 Å². The maximum atomic E-state index is 12.1. The number of carboxylic acid groups (broad SMARTS) is 1. The topological polar surface area (TPSA) is 101 Å². The predicted octanol–water partition coefficient (Wildman–Crippen LogP) is 0.208. The molecule has 0 aromatic rings. The molecule has 0 aliphatic carbocycles. The molecule has 1 unspecified atom stereocenters. The fourth-order valence-electron chi connectivity index (χ4n) is 2.10. The Kier molecular flexibility index (Phi) is 5.74. The maximum Gasteiger partial charge on any atom is 0.322 e. The van der Waals surface area contributed by atoms with Gasteiger partial charge in [-0.05, 0) is 25.7 Å². The molecule has 1 heterocycles. The first-order valence-corrected chi connectivity index (χ1v) is 7.78. The number of hydrogen-bond donors (Lipinski definition) is 1. The molecule has 0 spiro atoms. The first kappa shape index (κ1) is 15.9. The number of methoxy groups -OCH3 is 1. The van der Waals surface area contributed by atoms with Crippen LogP contribution < -0.4 is 0 Å². The van der Waals surface area contributed by atoms with Gasteiger partial charge in [-0.3, -0.25) is 9.59 Å². The van der Waals surface area contributed by atoms with Gasteiger partial charge in [0.05, 0.1) is 12.9 Å². The van der Waals surface area contributed by atoms with Crippen molar-refractivity contribution < 1.29 is 27.9 Å². The van der Waals surface area contributed by atoms with E-state index in [0.717, 1.165) is 4.31 Å². The van der Waals surface area contributed by atoms with Crippen molar-refractivity contribution in [2.45, 2.75) is 38.1 Å². The zero-order valence-corrected chi connectivity index (χ0v) is 11.7. The van der Waals surface area contributed by atoms with E-state index in [1.54, 1.807) is 0 Å². The Bertz CT molecular complexity index is 432. The average Bonchev–Trinajstić information content (AvgIpc) is 2.38. The SMILES string of the molecule is COC(=O)CCCS(=O)(=O)N1CCCCC1C(=O)O. The van der Waals surface area contributed by atoms with Crippen LogP contribution in [0.15, 0.2) is 0 Å². The number of aliphatic carboxylic acids is 1. The third kappa shape index (κ3) is 4.46. The fraction of sp³-hybridized carbons (Fsp3) is 0.818. The lowest BCUT2D eigenvalue weighted by Crippen LogP contribution is -2.48. The third-order valence-electron chi connectivity index (χ3n) is 3.11. The van der Waals surface area contributed by atoms with Crippen molar-refractivity contribution in [1.82, 2.24) is 4.31 Å². The van der Waals surface area contributed by atoms with E-state index in [1.165, 1.54) is 7.11 Å². The number of carbonyl (C=O) groups excluding carboxylic acids is 1.